The van der Waals surface area contributed by atoms with Crippen LogP contribution in [0.25, 0.3) is 0 Å². The van der Waals surface area contributed by atoms with Gasteiger partial charge in [-0.15, -0.1) is 0 Å². The molecule has 2 unspecified atom stereocenters. The Morgan fingerprint density at radius 3 is 2.44 bits per heavy atom. The van der Waals surface area contributed by atoms with Gasteiger partial charge in [0.15, 0.2) is 0 Å². The Balaban J connectivity index is 1.71. The highest BCUT2D eigenvalue weighted by Crippen LogP contribution is 2.33. The number of nitrogens with one attached hydrogen (secondary N) is 1. The molecule has 98 valence electrons. The first-order chi connectivity index (χ1) is 8.88. The van der Waals surface area contributed by atoms with Crippen LogP contribution in [0.15, 0.2) is 24.3 Å². The normalized spacial score (nSPS) is 25.9. The van der Waals surface area contributed by atoms with Crippen molar-refractivity contribution in [2.24, 2.45) is 11.8 Å². The predicted octanol–water partition coefficient (Wildman–Crippen LogP) is 2.42. The Bertz CT molecular complexity index is 373. The van der Waals surface area contributed by atoms with Gasteiger partial charge in [0.05, 0.1) is 6.61 Å². The average molecular weight is 245 g/mol. The summed E-state index contributed by atoms with van der Waals surface area (Å²) in [5.74, 6) is 1.45. The maximum atomic E-state index is 5.66. The van der Waals surface area contributed by atoms with E-state index in [0.717, 1.165) is 19.1 Å². The third-order valence-electron chi connectivity index (χ3n) is 4.63. The van der Waals surface area contributed by atoms with Crippen LogP contribution in [0.2, 0.25) is 0 Å². The van der Waals surface area contributed by atoms with E-state index in [9.17, 15) is 0 Å². The molecular weight excluding hydrogens is 222 g/mol. The second-order valence-corrected chi connectivity index (χ2v) is 5.73. The lowest BCUT2D eigenvalue weighted by atomic mass is 9.83. The Kier molecular flexibility index (Phi) is 3.67. The van der Waals surface area contributed by atoms with Crippen molar-refractivity contribution in [2.45, 2.75) is 31.7 Å². The van der Waals surface area contributed by atoms with Crippen LogP contribution in [0.4, 0.5) is 0 Å². The number of hydrogen-bond acceptors (Lipinski definition) is 2. The molecule has 1 N–H and O–H groups in total. The van der Waals surface area contributed by atoms with Crippen LogP contribution in [0.3, 0.4) is 0 Å². The van der Waals surface area contributed by atoms with Crippen molar-refractivity contribution in [3.05, 3.63) is 35.4 Å². The van der Waals surface area contributed by atoms with Crippen molar-refractivity contribution < 1.29 is 4.74 Å². The summed E-state index contributed by atoms with van der Waals surface area (Å²) in [4.78, 5) is 0. The van der Waals surface area contributed by atoms with Gasteiger partial charge in [0.1, 0.15) is 0 Å². The molecule has 2 aliphatic rings. The van der Waals surface area contributed by atoms with Gasteiger partial charge >= 0.3 is 0 Å². The first-order valence-corrected chi connectivity index (χ1v) is 7.20. The molecule has 0 bridgehead atoms. The van der Waals surface area contributed by atoms with Crippen LogP contribution < -0.4 is 5.32 Å². The van der Waals surface area contributed by atoms with E-state index in [-0.39, 0.29) is 0 Å². The van der Waals surface area contributed by atoms with Crippen molar-refractivity contribution in [1.82, 2.24) is 5.32 Å². The summed E-state index contributed by atoms with van der Waals surface area (Å²) in [6.45, 7) is 1.90. The van der Waals surface area contributed by atoms with Gasteiger partial charge in [0, 0.05) is 12.6 Å². The van der Waals surface area contributed by atoms with Gasteiger partial charge in [-0.2, -0.15) is 0 Å². The zero-order chi connectivity index (χ0) is 12.4. The summed E-state index contributed by atoms with van der Waals surface area (Å²) in [7, 11) is 2.11. The number of benzene rings is 1. The van der Waals surface area contributed by atoms with Crippen LogP contribution in [-0.2, 0) is 17.6 Å². The molecule has 2 nitrogen and oxygen atoms in total. The molecule has 0 amide bonds. The van der Waals surface area contributed by atoms with Crippen molar-refractivity contribution in [3.63, 3.8) is 0 Å². The summed E-state index contributed by atoms with van der Waals surface area (Å²) in [6, 6.07) is 9.52. The van der Waals surface area contributed by atoms with E-state index in [0.29, 0.717) is 12.0 Å². The molecule has 1 aromatic rings. The molecule has 0 radical (unpaired) electrons. The van der Waals surface area contributed by atoms with E-state index in [1.807, 2.05) is 0 Å². The first-order valence-electron chi connectivity index (χ1n) is 7.20. The molecule has 1 aliphatic heterocycles. The summed E-state index contributed by atoms with van der Waals surface area (Å²) in [5.41, 5.74) is 3.11. The SMILES string of the molecule is CNC(C1CCCOC1)C1Cc2ccccc2C1. The molecule has 1 aliphatic carbocycles. The second-order valence-electron chi connectivity index (χ2n) is 5.73. The first kappa shape index (κ1) is 12.2. The van der Waals surface area contributed by atoms with Gasteiger partial charge in [-0.05, 0) is 55.7 Å². The lowest BCUT2D eigenvalue weighted by Crippen LogP contribution is -2.44. The van der Waals surface area contributed by atoms with Crippen molar-refractivity contribution >= 4 is 0 Å². The largest absolute Gasteiger partial charge is 0.381 e. The number of hydrogen-bond donors (Lipinski definition) is 1. The van der Waals surface area contributed by atoms with Gasteiger partial charge in [-0.3, -0.25) is 0 Å². The van der Waals surface area contributed by atoms with Crippen LogP contribution >= 0.6 is 0 Å². The highest BCUT2D eigenvalue weighted by molar-refractivity contribution is 5.32. The lowest BCUT2D eigenvalue weighted by molar-refractivity contribution is 0.0309. The fourth-order valence-electron chi connectivity index (χ4n) is 3.75. The molecule has 0 saturated carbocycles. The van der Waals surface area contributed by atoms with Gasteiger partial charge in [-0.1, -0.05) is 24.3 Å². The van der Waals surface area contributed by atoms with Crippen molar-refractivity contribution in [3.8, 4) is 0 Å². The molecule has 2 atom stereocenters. The zero-order valence-corrected chi connectivity index (χ0v) is 11.2. The van der Waals surface area contributed by atoms with Gasteiger partial charge in [0.25, 0.3) is 0 Å². The highest BCUT2D eigenvalue weighted by Gasteiger charge is 2.33. The molecule has 0 spiro atoms. The quantitative estimate of drug-likeness (QED) is 0.883. The molecule has 1 fully saturated rings. The van der Waals surface area contributed by atoms with E-state index < -0.39 is 0 Å². The number of rotatable bonds is 3. The van der Waals surface area contributed by atoms with Crippen LogP contribution in [0, 0.1) is 11.8 Å². The average Bonchev–Trinajstić information content (AvgIpc) is 2.84. The van der Waals surface area contributed by atoms with E-state index >= 15 is 0 Å². The van der Waals surface area contributed by atoms with E-state index in [1.165, 1.54) is 25.7 Å². The summed E-state index contributed by atoms with van der Waals surface area (Å²) in [5, 5.41) is 3.57. The molecular formula is C16H23NO. The summed E-state index contributed by atoms with van der Waals surface area (Å²) in [6.07, 6.45) is 5.01. The molecule has 1 heterocycles. The monoisotopic (exact) mass is 245 g/mol. The third kappa shape index (κ3) is 2.32. The minimum Gasteiger partial charge on any atom is -0.381 e. The fourth-order valence-corrected chi connectivity index (χ4v) is 3.75. The third-order valence-corrected chi connectivity index (χ3v) is 4.63. The Morgan fingerprint density at radius 1 is 1.17 bits per heavy atom. The number of fused-ring (bicyclic) bond motifs is 1. The van der Waals surface area contributed by atoms with Crippen molar-refractivity contribution in [2.75, 3.05) is 20.3 Å². The van der Waals surface area contributed by atoms with Gasteiger partial charge in [-0.25, -0.2) is 0 Å². The van der Waals surface area contributed by atoms with E-state index in [4.69, 9.17) is 4.74 Å². The summed E-state index contributed by atoms with van der Waals surface area (Å²) < 4.78 is 5.66. The smallest absolute Gasteiger partial charge is 0.0509 e. The fraction of sp³-hybridized carbons (Fsp3) is 0.625. The van der Waals surface area contributed by atoms with Gasteiger partial charge in [0.2, 0.25) is 0 Å². The second kappa shape index (κ2) is 5.41. The van der Waals surface area contributed by atoms with Crippen LogP contribution in [0.1, 0.15) is 24.0 Å². The minimum absolute atomic E-state index is 0.609. The number of ether oxygens (including phenoxy) is 1. The molecule has 0 aromatic heterocycles. The lowest BCUT2D eigenvalue weighted by Gasteiger charge is -2.34. The minimum atomic E-state index is 0.609. The maximum absolute atomic E-state index is 5.66. The zero-order valence-electron chi connectivity index (χ0n) is 11.2. The highest BCUT2D eigenvalue weighted by atomic mass is 16.5. The molecule has 1 saturated heterocycles. The maximum Gasteiger partial charge on any atom is 0.0509 e. The van der Waals surface area contributed by atoms with E-state index in [2.05, 4.69) is 36.6 Å². The van der Waals surface area contributed by atoms with Crippen molar-refractivity contribution in [1.29, 1.82) is 0 Å². The van der Waals surface area contributed by atoms with Crippen LogP contribution in [-0.4, -0.2) is 26.3 Å². The van der Waals surface area contributed by atoms with Crippen LogP contribution in [0.5, 0.6) is 0 Å². The molecule has 3 rings (SSSR count). The van der Waals surface area contributed by atoms with Gasteiger partial charge < -0.3 is 10.1 Å². The summed E-state index contributed by atoms with van der Waals surface area (Å²) >= 11 is 0. The topological polar surface area (TPSA) is 21.3 Å². The predicted molar refractivity (Wildman–Crippen MR) is 73.7 cm³/mol. The Labute approximate surface area is 110 Å². The Morgan fingerprint density at radius 2 is 1.89 bits per heavy atom. The standard InChI is InChI=1S/C16H23NO/c1-17-16(14-7-4-8-18-11-14)15-9-12-5-2-3-6-13(12)10-15/h2-3,5-6,14-17H,4,7-11H2,1H3. The van der Waals surface area contributed by atoms with E-state index in [1.54, 1.807) is 11.1 Å². The Hall–Kier alpha value is -0.860. The molecule has 1 aromatic carbocycles. The molecule has 2 heteroatoms. The molecule has 18 heavy (non-hydrogen) atoms.